The van der Waals surface area contributed by atoms with E-state index in [1.165, 1.54) is 19.3 Å². The maximum Gasteiger partial charge on any atom is 0.0698 e. The summed E-state index contributed by atoms with van der Waals surface area (Å²) in [5.41, 5.74) is 0. The molecule has 0 radical (unpaired) electrons. The van der Waals surface area contributed by atoms with Gasteiger partial charge in [0.15, 0.2) is 0 Å². The van der Waals surface area contributed by atoms with Crippen molar-refractivity contribution in [3.8, 4) is 0 Å². The van der Waals surface area contributed by atoms with Crippen LogP contribution in [0.3, 0.4) is 0 Å². The molecule has 0 aliphatic heterocycles. The molecule has 0 amide bonds. The summed E-state index contributed by atoms with van der Waals surface area (Å²) in [5, 5.41) is 12.1. The second-order valence-electron chi connectivity index (χ2n) is 4.75. The zero-order valence-corrected chi connectivity index (χ0v) is 10.0. The Hall–Kier alpha value is -0.120. The Balaban J connectivity index is 2.02. The van der Waals surface area contributed by atoms with Crippen LogP contribution >= 0.6 is 0 Å². The zero-order valence-electron chi connectivity index (χ0n) is 10.0. The predicted octanol–water partition coefficient (Wildman–Crippen LogP) is 1.41. The quantitative estimate of drug-likeness (QED) is 0.658. The van der Waals surface area contributed by atoms with E-state index in [1.54, 1.807) is 0 Å². The van der Waals surface area contributed by atoms with Gasteiger partial charge in [0.05, 0.1) is 19.8 Å². The summed E-state index contributed by atoms with van der Waals surface area (Å²) in [6.45, 7) is 6.90. The number of rotatable bonds is 6. The normalized spacial score (nSPS) is 31.8. The van der Waals surface area contributed by atoms with Crippen LogP contribution in [0.4, 0.5) is 0 Å². The Kier molecular flexibility index (Phi) is 6.22. The molecule has 0 aromatic carbocycles. The minimum atomic E-state index is 0.123. The molecule has 0 aromatic rings. The maximum absolute atomic E-state index is 8.53. The van der Waals surface area contributed by atoms with Gasteiger partial charge >= 0.3 is 0 Å². The van der Waals surface area contributed by atoms with Crippen LogP contribution in [0.5, 0.6) is 0 Å². The van der Waals surface area contributed by atoms with Crippen molar-refractivity contribution in [2.45, 2.75) is 39.2 Å². The fraction of sp³-hybridized carbons (Fsp3) is 1.00. The first-order chi connectivity index (χ1) is 7.24. The fourth-order valence-corrected chi connectivity index (χ4v) is 2.23. The summed E-state index contributed by atoms with van der Waals surface area (Å²) in [6.07, 6.45) is 3.93. The van der Waals surface area contributed by atoms with E-state index in [4.69, 9.17) is 9.84 Å². The Morgan fingerprint density at radius 1 is 1.20 bits per heavy atom. The molecule has 15 heavy (non-hydrogen) atoms. The molecular weight excluding hydrogens is 190 g/mol. The van der Waals surface area contributed by atoms with Crippen molar-refractivity contribution in [1.29, 1.82) is 0 Å². The van der Waals surface area contributed by atoms with Gasteiger partial charge in [-0.2, -0.15) is 0 Å². The van der Waals surface area contributed by atoms with E-state index < -0.39 is 0 Å². The van der Waals surface area contributed by atoms with Gasteiger partial charge in [-0.25, -0.2) is 0 Å². The molecule has 0 aromatic heterocycles. The molecule has 0 saturated heterocycles. The minimum absolute atomic E-state index is 0.123. The maximum atomic E-state index is 8.53. The summed E-state index contributed by atoms with van der Waals surface area (Å²) < 4.78 is 5.21. The van der Waals surface area contributed by atoms with Crippen LogP contribution in [0.1, 0.15) is 33.1 Å². The first-order valence-corrected chi connectivity index (χ1v) is 6.16. The molecule has 2 N–H and O–H groups in total. The lowest BCUT2D eigenvalue weighted by molar-refractivity contribution is 0.0903. The third-order valence-corrected chi connectivity index (χ3v) is 3.51. The van der Waals surface area contributed by atoms with E-state index in [9.17, 15) is 0 Å². The van der Waals surface area contributed by atoms with Gasteiger partial charge in [-0.15, -0.1) is 0 Å². The molecule has 1 fully saturated rings. The number of aliphatic hydroxyl groups is 1. The lowest BCUT2D eigenvalue weighted by atomic mass is 9.79. The van der Waals surface area contributed by atoms with E-state index in [-0.39, 0.29) is 6.61 Å². The predicted molar refractivity (Wildman–Crippen MR) is 61.9 cm³/mol. The van der Waals surface area contributed by atoms with Crippen LogP contribution in [-0.4, -0.2) is 37.5 Å². The third-order valence-electron chi connectivity index (χ3n) is 3.51. The third kappa shape index (κ3) is 4.96. The van der Waals surface area contributed by atoms with Crippen LogP contribution in [0, 0.1) is 11.8 Å². The topological polar surface area (TPSA) is 41.5 Å². The molecule has 90 valence electrons. The first-order valence-electron chi connectivity index (χ1n) is 6.16. The van der Waals surface area contributed by atoms with Gasteiger partial charge < -0.3 is 15.2 Å². The van der Waals surface area contributed by atoms with E-state index in [1.807, 2.05) is 0 Å². The summed E-state index contributed by atoms with van der Waals surface area (Å²) in [4.78, 5) is 0. The first kappa shape index (κ1) is 12.9. The highest BCUT2D eigenvalue weighted by atomic mass is 16.5. The highest BCUT2D eigenvalue weighted by Crippen LogP contribution is 2.29. The van der Waals surface area contributed by atoms with E-state index >= 15 is 0 Å². The molecule has 0 bridgehead atoms. The van der Waals surface area contributed by atoms with Gasteiger partial charge in [0.1, 0.15) is 0 Å². The molecule has 0 heterocycles. The number of hydrogen-bond acceptors (Lipinski definition) is 3. The summed E-state index contributed by atoms with van der Waals surface area (Å²) >= 11 is 0. The van der Waals surface area contributed by atoms with Crippen molar-refractivity contribution in [3.05, 3.63) is 0 Å². The van der Waals surface area contributed by atoms with Crippen LogP contribution in [0.2, 0.25) is 0 Å². The Bertz CT molecular complexity index is 164. The van der Waals surface area contributed by atoms with Gasteiger partial charge in [0.2, 0.25) is 0 Å². The Labute approximate surface area is 93.2 Å². The number of ether oxygens (including phenoxy) is 1. The van der Waals surface area contributed by atoms with Crippen molar-refractivity contribution in [1.82, 2.24) is 5.32 Å². The second kappa shape index (κ2) is 7.20. The number of hydrogen-bond donors (Lipinski definition) is 2. The molecule has 0 spiro atoms. The van der Waals surface area contributed by atoms with Gasteiger partial charge in [0.25, 0.3) is 0 Å². The van der Waals surface area contributed by atoms with E-state index in [2.05, 4.69) is 19.2 Å². The molecular formula is C12H25NO2. The minimum Gasteiger partial charge on any atom is -0.394 e. The smallest absolute Gasteiger partial charge is 0.0698 e. The zero-order chi connectivity index (χ0) is 11.1. The number of aliphatic hydroxyl groups excluding tert-OH is 1. The number of nitrogens with one attached hydrogen (secondary N) is 1. The lowest BCUT2D eigenvalue weighted by Gasteiger charge is -2.32. The Morgan fingerprint density at radius 3 is 2.67 bits per heavy atom. The molecule has 1 rings (SSSR count). The average Bonchev–Trinajstić information content (AvgIpc) is 2.23. The summed E-state index contributed by atoms with van der Waals surface area (Å²) in [7, 11) is 0. The van der Waals surface area contributed by atoms with Crippen molar-refractivity contribution < 1.29 is 9.84 Å². The van der Waals surface area contributed by atoms with Gasteiger partial charge in [0, 0.05) is 12.6 Å². The van der Waals surface area contributed by atoms with Gasteiger partial charge in [-0.1, -0.05) is 13.8 Å². The largest absolute Gasteiger partial charge is 0.394 e. The Morgan fingerprint density at radius 2 is 2.00 bits per heavy atom. The molecule has 1 saturated carbocycles. The molecule has 1 aliphatic rings. The monoisotopic (exact) mass is 215 g/mol. The lowest BCUT2D eigenvalue weighted by Crippen LogP contribution is -2.37. The van der Waals surface area contributed by atoms with E-state index in [0.29, 0.717) is 19.3 Å². The summed E-state index contributed by atoms with van der Waals surface area (Å²) in [5.74, 6) is 1.73. The van der Waals surface area contributed by atoms with Crippen molar-refractivity contribution in [2.75, 3.05) is 26.4 Å². The van der Waals surface area contributed by atoms with Crippen LogP contribution in [0.25, 0.3) is 0 Å². The van der Waals surface area contributed by atoms with Crippen molar-refractivity contribution >= 4 is 0 Å². The molecule has 1 aliphatic carbocycles. The molecule has 3 nitrogen and oxygen atoms in total. The summed E-state index contributed by atoms with van der Waals surface area (Å²) in [6, 6.07) is 0.675. The van der Waals surface area contributed by atoms with Crippen molar-refractivity contribution in [2.24, 2.45) is 11.8 Å². The highest BCUT2D eigenvalue weighted by molar-refractivity contribution is 4.79. The average molecular weight is 215 g/mol. The van der Waals surface area contributed by atoms with Crippen LogP contribution in [0.15, 0.2) is 0 Å². The van der Waals surface area contributed by atoms with Crippen LogP contribution < -0.4 is 5.32 Å². The van der Waals surface area contributed by atoms with Gasteiger partial charge in [-0.3, -0.25) is 0 Å². The highest BCUT2D eigenvalue weighted by Gasteiger charge is 2.23. The van der Waals surface area contributed by atoms with Gasteiger partial charge in [-0.05, 0) is 31.1 Å². The van der Waals surface area contributed by atoms with Crippen LogP contribution in [-0.2, 0) is 4.74 Å². The molecule has 3 atom stereocenters. The SMILES string of the molecule is C[C@H]1CC[C@@H](NCCOCCO)C[C@@H]1C. The molecule has 3 heteroatoms. The standard InChI is InChI=1S/C12H25NO2/c1-10-3-4-12(9-11(10)2)13-5-7-15-8-6-14/h10-14H,3-9H2,1-2H3/t10-,11-,12+/m0/s1. The van der Waals surface area contributed by atoms with Crippen molar-refractivity contribution in [3.63, 3.8) is 0 Å². The van der Waals surface area contributed by atoms with E-state index in [0.717, 1.165) is 18.4 Å². The molecule has 0 unspecified atom stereocenters. The second-order valence-corrected chi connectivity index (χ2v) is 4.75. The fourth-order valence-electron chi connectivity index (χ4n) is 2.23.